The van der Waals surface area contributed by atoms with Crippen molar-refractivity contribution < 1.29 is 22.6 Å². The first-order valence-electron chi connectivity index (χ1n) is 8.44. The van der Waals surface area contributed by atoms with Gasteiger partial charge in [0.05, 0.1) is 23.0 Å². The number of nitrogens with one attached hydrogen (secondary N) is 1. The van der Waals surface area contributed by atoms with E-state index in [4.69, 9.17) is 21.1 Å². The number of hydrogen-bond donors (Lipinski definition) is 1. The summed E-state index contributed by atoms with van der Waals surface area (Å²) in [6.45, 7) is 1.54. The molecule has 0 bridgehead atoms. The number of hydrogen-bond acceptors (Lipinski definition) is 6. The molecule has 3 rings (SSSR count). The van der Waals surface area contributed by atoms with Crippen LogP contribution in [0.4, 0.5) is 18.9 Å². The molecule has 1 N–H and O–H groups in total. The minimum absolute atomic E-state index is 0.0655. The van der Waals surface area contributed by atoms with Crippen molar-refractivity contribution in [1.82, 2.24) is 14.8 Å². The van der Waals surface area contributed by atoms with Crippen molar-refractivity contribution >= 4 is 17.3 Å². The summed E-state index contributed by atoms with van der Waals surface area (Å²) in [5, 5.41) is 6.88. The number of halogens is 4. The maximum absolute atomic E-state index is 12.6. The van der Waals surface area contributed by atoms with Crippen molar-refractivity contribution in [1.29, 1.82) is 0 Å². The summed E-state index contributed by atoms with van der Waals surface area (Å²) < 4.78 is 49.7. The first-order valence-corrected chi connectivity index (χ1v) is 8.82. The average molecular weight is 419 g/mol. The van der Waals surface area contributed by atoms with Gasteiger partial charge >= 0.3 is 6.18 Å². The summed E-state index contributed by atoms with van der Waals surface area (Å²) in [4.78, 5) is 16.1. The van der Waals surface area contributed by atoms with Crippen LogP contribution in [0.3, 0.4) is 0 Å². The van der Waals surface area contributed by atoms with E-state index in [9.17, 15) is 18.0 Å². The van der Waals surface area contributed by atoms with E-state index < -0.39 is 22.9 Å². The number of aromatic nitrogens is 3. The summed E-state index contributed by atoms with van der Waals surface area (Å²) in [7, 11) is 1.61. The van der Waals surface area contributed by atoms with Crippen molar-refractivity contribution in [2.45, 2.75) is 24.6 Å². The summed E-state index contributed by atoms with van der Waals surface area (Å²) >= 11 is 6.15. The molecule has 0 aromatic carbocycles. The van der Waals surface area contributed by atoms with E-state index >= 15 is 0 Å². The largest absolute Gasteiger partial charge is 0.417 e. The highest BCUT2D eigenvalue weighted by Crippen LogP contribution is 2.29. The van der Waals surface area contributed by atoms with Crippen LogP contribution < -0.4 is 10.9 Å². The Morgan fingerprint density at radius 2 is 2.04 bits per heavy atom. The normalized spacial score (nSPS) is 16.8. The monoisotopic (exact) mass is 418 g/mol. The Labute approximate surface area is 163 Å². The lowest BCUT2D eigenvalue weighted by Gasteiger charge is -2.36. The number of pyridine rings is 1. The molecule has 2 aromatic rings. The highest BCUT2D eigenvalue weighted by atomic mass is 35.5. The lowest BCUT2D eigenvalue weighted by atomic mass is 9.94. The molecule has 11 heteroatoms. The Morgan fingerprint density at radius 3 is 2.61 bits per heavy atom. The van der Waals surface area contributed by atoms with Gasteiger partial charge < -0.3 is 14.8 Å². The third kappa shape index (κ3) is 4.29. The van der Waals surface area contributed by atoms with E-state index in [-0.39, 0.29) is 10.8 Å². The molecular formula is C17H18ClF3N4O3. The van der Waals surface area contributed by atoms with Crippen LogP contribution in [0.5, 0.6) is 0 Å². The zero-order valence-corrected chi connectivity index (χ0v) is 15.7. The van der Waals surface area contributed by atoms with Crippen LogP contribution in [-0.2, 0) is 15.7 Å². The van der Waals surface area contributed by atoms with Gasteiger partial charge in [-0.2, -0.15) is 23.0 Å². The van der Waals surface area contributed by atoms with Crippen LogP contribution in [0, 0.1) is 0 Å². The Balaban J connectivity index is 1.80. The van der Waals surface area contributed by atoms with E-state index in [0.29, 0.717) is 44.5 Å². The summed E-state index contributed by atoms with van der Waals surface area (Å²) in [6, 6.07) is 1.88. The van der Waals surface area contributed by atoms with E-state index in [2.05, 4.69) is 15.4 Å². The Morgan fingerprint density at radius 1 is 1.32 bits per heavy atom. The van der Waals surface area contributed by atoms with Gasteiger partial charge in [-0.25, -0.2) is 4.98 Å². The van der Waals surface area contributed by atoms with Crippen LogP contribution in [0.2, 0.25) is 5.02 Å². The smallest absolute Gasteiger partial charge is 0.381 e. The van der Waals surface area contributed by atoms with E-state index in [1.807, 2.05) is 0 Å². The van der Waals surface area contributed by atoms with Crippen molar-refractivity contribution in [2.24, 2.45) is 0 Å². The topological polar surface area (TPSA) is 78.3 Å². The lowest BCUT2D eigenvalue weighted by Crippen LogP contribution is -2.44. The van der Waals surface area contributed by atoms with Crippen LogP contribution in [0.15, 0.2) is 29.3 Å². The molecule has 152 valence electrons. The Bertz CT molecular complexity index is 881. The van der Waals surface area contributed by atoms with Crippen LogP contribution >= 0.6 is 11.6 Å². The van der Waals surface area contributed by atoms with Gasteiger partial charge in [-0.1, -0.05) is 11.6 Å². The molecule has 28 heavy (non-hydrogen) atoms. The van der Waals surface area contributed by atoms with Crippen molar-refractivity contribution in [3.05, 3.63) is 45.5 Å². The summed E-state index contributed by atoms with van der Waals surface area (Å²) in [5.41, 5.74) is -1.75. The minimum Gasteiger partial charge on any atom is -0.381 e. The number of ether oxygens (including phenoxy) is 2. The molecule has 2 aromatic heterocycles. The molecule has 1 saturated heterocycles. The predicted octanol–water partition coefficient (Wildman–Crippen LogP) is 2.91. The third-order valence-electron chi connectivity index (χ3n) is 4.65. The van der Waals surface area contributed by atoms with Gasteiger partial charge in [0.25, 0.3) is 5.56 Å². The van der Waals surface area contributed by atoms with Crippen LogP contribution in [0.1, 0.15) is 18.4 Å². The molecule has 0 spiro atoms. The number of anilines is 1. The molecule has 0 atom stereocenters. The summed E-state index contributed by atoms with van der Waals surface area (Å²) in [5.74, 6) is -0.0655. The molecule has 0 radical (unpaired) electrons. The van der Waals surface area contributed by atoms with Crippen molar-refractivity contribution in [2.75, 3.05) is 32.2 Å². The zero-order valence-electron chi connectivity index (χ0n) is 14.9. The van der Waals surface area contributed by atoms with Gasteiger partial charge in [-0.05, 0) is 12.1 Å². The molecule has 3 heterocycles. The quantitative estimate of drug-likeness (QED) is 0.804. The van der Waals surface area contributed by atoms with Gasteiger partial charge in [0.2, 0.25) is 0 Å². The van der Waals surface area contributed by atoms with E-state index in [0.717, 1.165) is 16.8 Å². The molecule has 0 amide bonds. The molecule has 7 nitrogen and oxygen atoms in total. The number of alkyl halides is 3. The first kappa shape index (κ1) is 20.6. The molecule has 0 unspecified atom stereocenters. The SMILES string of the molecule is COC1(CNc2cnn(-c3ccc(C(F)(F)F)cn3)c(=O)c2Cl)CCOCC1. The highest BCUT2D eigenvalue weighted by Gasteiger charge is 2.33. The van der Waals surface area contributed by atoms with Gasteiger partial charge in [0.1, 0.15) is 5.02 Å². The first-order chi connectivity index (χ1) is 13.3. The molecule has 1 aliphatic rings. The fourth-order valence-electron chi connectivity index (χ4n) is 2.85. The van der Waals surface area contributed by atoms with Crippen LogP contribution in [0.25, 0.3) is 5.82 Å². The van der Waals surface area contributed by atoms with Gasteiger partial charge in [0, 0.05) is 45.9 Å². The second-order valence-corrected chi connectivity index (χ2v) is 6.72. The van der Waals surface area contributed by atoms with Crippen LogP contribution in [-0.4, -0.2) is 47.2 Å². The predicted molar refractivity (Wildman–Crippen MR) is 95.9 cm³/mol. The molecule has 1 fully saturated rings. The number of rotatable bonds is 5. The van der Waals surface area contributed by atoms with Crippen molar-refractivity contribution in [3.63, 3.8) is 0 Å². The maximum Gasteiger partial charge on any atom is 0.417 e. The Kier molecular flexibility index (Phi) is 5.92. The average Bonchev–Trinajstić information content (AvgIpc) is 2.69. The lowest BCUT2D eigenvalue weighted by molar-refractivity contribution is -0.137. The molecular weight excluding hydrogens is 401 g/mol. The third-order valence-corrected chi connectivity index (χ3v) is 5.01. The molecule has 1 aliphatic heterocycles. The van der Waals surface area contributed by atoms with Crippen molar-refractivity contribution in [3.8, 4) is 5.82 Å². The fraction of sp³-hybridized carbons (Fsp3) is 0.471. The van der Waals surface area contributed by atoms with E-state index in [1.54, 1.807) is 7.11 Å². The number of methoxy groups -OCH3 is 1. The van der Waals surface area contributed by atoms with Gasteiger partial charge in [-0.15, -0.1) is 0 Å². The second kappa shape index (κ2) is 8.06. The van der Waals surface area contributed by atoms with E-state index in [1.165, 1.54) is 6.20 Å². The summed E-state index contributed by atoms with van der Waals surface area (Å²) in [6.07, 6.45) is -1.18. The van der Waals surface area contributed by atoms with Gasteiger partial charge in [-0.3, -0.25) is 4.79 Å². The standard InChI is InChI=1S/C17H18ClF3N4O3/c1-27-16(4-6-28-7-5-16)10-23-12-9-24-25(15(26)14(12)18)13-3-2-11(8-22-13)17(19,20)21/h2-3,8-9,23H,4-7,10H2,1H3. The second-order valence-electron chi connectivity index (χ2n) is 6.35. The highest BCUT2D eigenvalue weighted by molar-refractivity contribution is 6.32. The fourth-order valence-corrected chi connectivity index (χ4v) is 3.05. The molecule has 0 saturated carbocycles. The Hall–Kier alpha value is -2.17. The number of nitrogens with zero attached hydrogens (tertiary/aromatic N) is 3. The maximum atomic E-state index is 12.6. The molecule has 0 aliphatic carbocycles. The minimum atomic E-state index is -4.52. The van der Waals surface area contributed by atoms with Gasteiger partial charge in [0.15, 0.2) is 5.82 Å². The zero-order chi connectivity index (χ0) is 20.4.